The molecular weight excluding hydrogens is 240 g/mol. The summed E-state index contributed by atoms with van der Waals surface area (Å²) in [6.45, 7) is 4.81. The molecule has 1 aliphatic rings. The van der Waals surface area contributed by atoms with E-state index in [1.54, 1.807) is 12.1 Å². The monoisotopic (exact) mass is 262 g/mol. The number of phenolic OH excluding ortho intramolecular Hbond substituents is 1. The van der Waals surface area contributed by atoms with Crippen molar-refractivity contribution in [2.45, 2.75) is 38.8 Å². The lowest BCUT2D eigenvalue weighted by atomic mass is 10.0. The maximum absolute atomic E-state index is 11.3. The average Bonchev–Trinajstić information content (AvgIpc) is 2.43. The van der Waals surface area contributed by atoms with Crippen LogP contribution in [-0.4, -0.2) is 35.0 Å². The highest BCUT2D eigenvalue weighted by atomic mass is 16.3. The Kier molecular flexibility index (Phi) is 4.80. The Balaban J connectivity index is 1.77. The van der Waals surface area contributed by atoms with E-state index in [1.807, 2.05) is 19.1 Å². The number of phenols is 1. The zero-order valence-corrected chi connectivity index (χ0v) is 11.4. The van der Waals surface area contributed by atoms with E-state index in [4.69, 9.17) is 0 Å². The molecule has 1 heterocycles. The number of rotatable bonds is 4. The Bertz CT molecular complexity index is 409. The Hall–Kier alpha value is -1.55. The fourth-order valence-corrected chi connectivity index (χ4v) is 2.42. The number of carbonyl (C=O) groups excluding carboxylic acids is 1. The van der Waals surface area contributed by atoms with Gasteiger partial charge in [-0.15, -0.1) is 0 Å². The Morgan fingerprint density at radius 3 is 2.53 bits per heavy atom. The molecule has 0 radical (unpaired) electrons. The van der Waals surface area contributed by atoms with E-state index in [2.05, 4.69) is 10.2 Å². The number of carbonyl (C=O) groups is 1. The van der Waals surface area contributed by atoms with Gasteiger partial charge in [-0.25, -0.2) is 0 Å². The number of benzene rings is 1. The molecule has 1 saturated heterocycles. The first-order valence-electron chi connectivity index (χ1n) is 6.97. The van der Waals surface area contributed by atoms with Crippen LogP contribution in [-0.2, 0) is 11.3 Å². The summed E-state index contributed by atoms with van der Waals surface area (Å²) in [6.07, 6.45) is 2.60. The van der Waals surface area contributed by atoms with Crippen molar-refractivity contribution in [1.82, 2.24) is 10.2 Å². The largest absolute Gasteiger partial charge is 0.508 e. The number of hydrogen-bond acceptors (Lipinski definition) is 3. The number of hydrogen-bond donors (Lipinski definition) is 2. The van der Waals surface area contributed by atoms with Crippen molar-refractivity contribution >= 4 is 5.91 Å². The molecule has 0 aromatic heterocycles. The van der Waals surface area contributed by atoms with Crippen LogP contribution in [0.15, 0.2) is 24.3 Å². The Labute approximate surface area is 114 Å². The van der Waals surface area contributed by atoms with Crippen LogP contribution in [0.25, 0.3) is 0 Å². The molecule has 0 atom stereocenters. The Morgan fingerprint density at radius 1 is 1.32 bits per heavy atom. The van der Waals surface area contributed by atoms with Gasteiger partial charge in [-0.2, -0.15) is 0 Å². The van der Waals surface area contributed by atoms with Crippen LogP contribution in [0.5, 0.6) is 5.75 Å². The predicted octanol–water partition coefficient (Wildman–Crippen LogP) is 1.88. The van der Waals surface area contributed by atoms with E-state index in [-0.39, 0.29) is 5.91 Å². The molecule has 0 spiro atoms. The summed E-state index contributed by atoms with van der Waals surface area (Å²) in [5.74, 6) is 0.460. The molecule has 1 aromatic carbocycles. The van der Waals surface area contributed by atoms with Crippen LogP contribution in [0, 0.1) is 0 Å². The van der Waals surface area contributed by atoms with E-state index in [0.717, 1.165) is 32.5 Å². The number of amides is 1. The number of aromatic hydroxyl groups is 1. The number of nitrogens with one attached hydrogen (secondary N) is 1. The highest BCUT2D eigenvalue weighted by Crippen LogP contribution is 2.16. The molecule has 1 aliphatic heterocycles. The van der Waals surface area contributed by atoms with Crippen molar-refractivity contribution in [3.63, 3.8) is 0 Å². The summed E-state index contributed by atoms with van der Waals surface area (Å²) in [5.41, 5.74) is 1.22. The molecule has 1 amide bonds. The first-order valence-corrected chi connectivity index (χ1v) is 6.97. The fourth-order valence-electron chi connectivity index (χ4n) is 2.42. The first kappa shape index (κ1) is 13.9. The van der Waals surface area contributed by atoms with Gasteiger partial charge in [0.1, 0.15) is 5.75 Å². The Morgan fingerprint density at radius 2 is 1.95 bits per heavy atom. The second kappa shape index (κ2) is 6.57. The normalized spacial score (nSPS) is 17.3. The number of nitrogens with zero attached hydrogens (tertiary/aromatic N) is 1. The van der Waals surface area contributed by atoms with Gasteiger partial charge < -0.3 is 10.4 Å². The summed E-state index contributed by atoms with van der Waals surface area (Å²) in [6, 6.07) is 7.71. The molecule has 104 valence electrons. The molecule has 1 fully saturated rings. The van der Waals surface area contributed by atoms with Gasteiger partial charge in [-0.3, -0.25) is 9.69 Å². The molecule has 0 unspecified atom stereocenters. The van der Waals surface area contributed by atoms with Gasteiger partial charge in [0.2, 0.25) is 5.91 Å². The fraction of sp³-hybridized carbons (Fsp3) is 0.533. The third-order valence-corrected chi connectivity index (χ3v) is 3.62. The van der Waals surface area contributed by atoms with Crippen molar-refractivity contribution < 1.29 is 9.90 Å². The van der Waals surface area contributed by atoms with Crippen molar-refractivity contribution in [3.8, 4) is 5.75 Å². The number of likely N-dealkylation sites (tertiary alicyclic amines) is 1. The van der Waals surface area contributed by atoms with Gasteiger partial charge in [0.25, 0.3) is 0 Å². The minimum atomic E-state index is 0.150. The van der Waals surface area contributed by atoms with Gasteiger partial charge in [-0.05, 0) is 30.5 Å². The molecular formula is C15H22N2O2. The molecule has 19 heavy (non-hydrogen) atoms. The van der Waals surface area contributed by atoms with Crippen LogP contribution in [0.1, 0.15) is 31.7 Å². The lowest BCUT2D eigenvalue weighted by Crippen LogP contribution is -2.44. The lowest BCUT2D eigenvalue weighted by molar-refractivity contribution is -0.121. The van der Waals surface area contributed by atoms with Crippen LogP contribution >= 0.6 is 0 Å². The molecule has 0 aliphatic carbocycles. The molecule has 0 bridgehead atoms. The molecule has 4 nitrogen and oxygen atoms in total. The van der Waals surface area contributed by atoms with Gasteiger partial charge >= 0.3 is 0 Å². The van der Waals surface area contributed by atoms with Crippen LogP contribution in [0.4, 0.5) is 0 Å². The van der Waals surface area contributed by atoms with Crippen molar-refractivity contribution in [2.75, 3.05) is 13.1 Å². The van der Waals surface area contributed by atoms with E-state index in [0.29, 0.717) is 18.2 Å². The van der Waals surface area contributed by atoms with Crippen LogP contribution in [0.3, 0.4) is 0 Å². The van der Waals surface area contributed by atoms with Gasteiger partial charge in [0.15, 0.2) is 0 Å². The average molecular weight is 262 g/mol. The smallest absolute Gasteiger partial charge is 0.219 e. The highest BCUT2D eigenvalue weighted by Gasteiger charge is 2.20. The standard InChI is InChI=1S/C15H22N2O2/c1-2-15(19)16-13-7-9-17(10-8-13)11-12-3-5-14(18)6-4-12/h3-6,13,18H,2,7-11H2,1H3,(H,16,19). The first-order chi connectivity index (χ1) is 9.17. The van der Waals surface area contributed by atoms with Crippen molar-refractivity contribution in [3.05, 3.63) is 29.8 Å². The highest BCUT2D eigenvalue weighted by molar-refractivity contribution is 5.75. The van der Waals surface area contributed by atoms with E-state index >= 15 is 0 Å². The molecule has 0 saturated carbocycles. The molecule has 2 rings (SSSR count). The zero-order chi connectivity index (χ0) is 13.7. The van der Waals surface area contributed by atoms with Gasteiger partial charge in [0, 0.05) is 32.1 Å². The lowest BCUT2D eigenvalue weighted by Gasteiger charge is -2.32. The van der Waals surface area contributed by atoms with E-state index in [9.17, 15) is 9.90 Å². The third kappa shape index (κ3) is 4.24. The van der Waals surface area contributed by atoms with Crippen LogP contribution in [0.2, 0.25) is 0 Å². The second-order valence-corrected chi connectivity index (χ2v) is 5.14. The van der Waals surface area contributed by atoms with E-state index in [1.165, 1.54) is 5.56 Å². The minimum absolute atomic E-state index is 0.150. The molecule has 1 aromatic rings. The van der Waals surface area contributed by atoms with Gasteiger partial charge in [-0.1, -0.05) is 19.1 Å². The SMILES string of the molecule is CCC(=O)NC1CCN(Cc2ccc(O)cc2)CC1. The number of piperidine rings is 1. The zero-order valence-electron chi connectivity index (χ0n) is 11.4. The maximum Gasteiger partial charge on any atom is 0.219 e. The van der Waals surface area contributed by atoms with E-state index < -0.39 is 0 Å². The minimum Gasteiger partial charge on any atom is -0.508 e. The quantitative estimate of drug-likeness (QED) is 0.871. The summed E-state index contributed by atoms with van der Waals surface area (Å²) >= 11 is 0. The second-order valence-electron chi connectivity index (χ2n) is 5.14. The van der Waals surface area contributed by atoms with Crippen molar-refractivity contribution in [1.29, 1.82) is 0 Å². The molecule has 4 heteroatoms. The topological polar surface area (TPSA) is 52.6 Å². The van der Waals surface area contributed by atoms with Crippen molar-refractivity contribution in [2.24, 2.45) is 0 Å². The summed E-state index contributed by atoms with van der Waals surface area (Å²) in [7, 11) is 0. The molecule has 2 N–H and O–H groups in total. The maximum atomic E-state index is 11.3. The summed E-state index contributed by atoms with van der Waals surface area (Å²) in [5, 5.41) is 12.3. The summed E-state index contributed by atoms with van der Waals surface area (Å²) < 4.78 is 0. The summed E-state index contributed by atoms with van der Waals surface area (Å²) in [4.78, 5) is 13.7. The van der Waals surface area contributed by atoms with Crippen LogP contribution < -0.4 is 5.32 Å². The van der Waals surface area contributed by atoms with Gasteiger partial charge in [0.05, 0.1) is 0 Å². The third-order valence-electron chi connectivity index (χ3n) is 3.62. The predicted molar refractivity (Wildman–Crippen MR) is 74.8 cm³/mol.